The van der Waals surface area contributed by atoms with Crippen molar-refractivity contribution in [2.75, 3.05) is 13.7 Å². The molecular formula is C11H13N3O2Se. The van der Waals surface area contributed by atoms with Gasteiger partial charge in [0.05, 0.1) is 0 Å². The summed E-state index contributed by atoms with van der Waals surface area (Å²) in [4.78, 5) is 17.7. The van der Waals surface area contributed by atoms with Gasteiger partial charge >= 0.3 is 106 Å². The van der Waals surface area contributed by atoms with Crippen LogP contribution in [0.4, 0.5) is 0 Å². The first kappa shape index (κ1) is 13.5. The maximum absolute atomic E-state index is 11.7. The average Bonchev–Trinajstić information content (AvgIpc) is 2.38. The second-order valence-corrected chi connectivity index (χ2v) is 4.98. The Morgan fingerprint density at radius 1 is 1.71 bits per heavy atom. The van der Waals surface area contributed by atoms with Crippen LogP contribution in [-0.4, -0.2) is 39.5 Å². The molecule has 17 heavy (non-hydrogen) atoms. The molecule has 0 aliphatic rings. The van der Waals surface area contributed by atoms with E-state index in [2.05, 4.69) is 15.3 Å². The molecule has 0 radical (unpaired) electrons. The number of amides is 1. The SMILES string of the molecule is COc1cc(C(=O)NCCC[Se]C#N)ccn1. The Kier molecular flexibility index (Phi) is 6.08. The van der Waals surface area contributed by atoms with Crippen LogP contribution in [0.5, 0.6) is 5.88 Å². The third-order valence-corrected chi connectivity index (χ3v) is 3.28. The van der Waals surface area contributed by atoms with Gasteiger partial charge in [-0.15, -0.1) is 0 Å². The molecular weight excluding hydrogens is 285 g/mol. The molecule has 0 fully saturated rings. The quantitative estimate of drug-likeness (QED) is 0.623. The molecule has 0 saturated heterocycles. The first-order chi connectivity index (χ1) is 8.27. The van der Waals surface area contributed by atoms with Crippen molar-refractivity contribution in [3.63, 3.8) is 0 Å². The Hall–Kier alpha value is -1.57. The molecule has 0 spiro atoms. The average molecular weight is 298 g/mol. The first-order valence-electron chi connectivity index (χ1n) is 5.07. The molecule has 1 aromatic rings. The second-order valence-electron chi connectivity index (χ2n) is 3.14. The van der Waals surface area contributed by atoms with E-state index in [4.69, 9.17) is 10.00 Å². The molecule has 5 nitrogen and oxygen atoms in total. The van der Waals surface area contributed by atoms with Crippen LogP contribution >= 0.6 is 0 Å². The van der Waals surface area contributed by atoms with Gasteiger partial charge in [0.2, 0.25) is 0 Å². The van der Waals surface area contributed by atoms with E-state index in [1.807, 2.05) is 0 Å². The van der Waals surface area contributed by atoms with E-state index in [9.17, 15) is 4.79 Å². The Bertz CT molecular complexity index is 417. The number of ether oxygens (including phenoxy) is 1. The standard InChI is InChI=1S/C11H13N3O2Se/c1-16-10-7-9(3-5-13-10)11(15)14-4-2-6-17-8-12/h3,5,7H,2,4,6H2,1H3,(H,14,15). The first-order valence-corrected chi connectivity index (χ1v) is 7.14. The van der Waals surface area contributed by atoms with Crippen LogP contribution in [0.2, 0.25) is 5.32 Å². The summed E-state index contributed by atoms with van der Waals surface area (Å²) in [6, 6.07) is 3.23. The zero-order valence-electron chi connectivity index (χ0n) is 9.47. The van der Waals surface area contributed by atoms with E-state index in [1.165, 1.54) is 13.3 Å². The molecule has 1 amide bonds. The van der Waals surface area contributed by atoms with Gasteiger partial charge in [0, 0.05) is 0 Å². The summed E-state index contributed by atoms with van der Waals surface area (Å²) in [5, 5.41) is 12.0. The fourth-order valence-electron chi connectivity index (χ4n) is 1.16. The van der Waals surface area contributed by atoms with Gasteiger partial charge in [-0.25, -0.2) is 0 Å². The van der Waals surface area contributed by atoms with E-state index in [-0.39, 0.29) is 20.9 Å². The van der Waals surface area contributed by atoms with Crippen molar-refractivity contribution < 1.29 is 9.53 Å². The van der Waals surface area contributed by atoms with E-state index >= 15 is 0 Å². The van der Waals surface area contributed by atoms with Crippen LogP contribution < -0.4 is 10.1 Å². The Morgan fingerprint density at radius 2 is 2.53 bits per heavy atom. The summed E-state index contributed by atoms with van der Waals surface area (Å²) in [5.74, 6) is 0.278. The van der Waals surface area contributed by atoms with Crippen molar-refractivity contribution in [1.82, 2.24) is 10.3 Å². The molecule has 1 rings (SSSR count). The Morgan fingerprint density at radius 3 is 3.24 bits per heavy atom. The van der Waals surface area contributed by atoms with Crippen molar-refractivity contribution in [1.29, 1.82) is 5.26 Å². The van der Waals surface area contributed by atoms with Crippen LogP contribution in [0.25, 0.3) is 0 Å². The molecule has 1 heterocycles. The van der Waals surface area contributed by atoms with Gasteiger partial charge in [-0.1, -0.05) is 0 Å². The topological polar surface area (TPSA) is 75.0 Å². The number of pyridine rings is 1. The molecule has 0 unspecified atom stereocenters. The number of methoxy groups -OCH3 is 1. The zero-order chi connectivity index (χ0) is 12.5. The van der Waals surface area contributed by atoms with Crippen LogP contribution in [0.3, 0.4) is 0 Å². The predicted molar refractivity (Wildman–Crippen MR) is 63.9 cm³/mol. The van der Waals surface area contributed by atoms with Crippen molar-refractivity contribution in [3.8, 4) is 10.8 Å². The van der Waals surface area contributed by atoms with Crippen molar-refractivity contribution in [3.05, 3.63) is 23.9 Å². The monoisotopic (exact) mass is 299 g/mol. The molecule has 90 valence electrons. The van der Waals surface area contributed by atoms with Gasteiger partial charge in [-0.3, -0.25) is 0 Å². The minimum atomic E-state index is -0.143. The van der Waals surface area contributed by atoms with E-state index in [0.29, 0.717) is 18.0 Å². The van der Waals surface area contributed by atoms with Crippen LogP contribution in [0, 0.1) is 10.2 Å². The fraction of sp³-hybridized carbons (Fsp3) is 0.364. The molecule has 1 aromatic heterocycles. The molecule has 0 aliphatic carbocycles. The van der Waals surface area contributed by atoms with Crippen LogP contribution in [-0.2, 0) is 0 Å². The number of nitriles is 1. The normalized spacial score (nSPS) is 9.41. The van der Waals surface area contributed by atoms with Gasteiger partial charge in [-0.2, -0.15) is 0 Å². The van der Waals surface area contributed by atoms with Gasteiger partial charge in [-0.05, 0) is 0 Å². The molecule has 1 N–H and O–H groups in total. The summed E-state index contributed by atoms with van der Waals surface area (Å²) >= 11 is 0.0324. The van der Waals surface area contributed by atoms with Crippen molar-refractivity contribution in [2.24, 2.45) is 0 Å². The van der Waals surface area contributed by atoms with Crippen molar-refractivity contribution in [2.45, 2.75) is 11.7 Å². The Balaban J connectivity index is 2.39. The number of carbonyl (C=O) groups is 1. The summed E-state index contributed by atoms with van der Waals surface area (Å²) in [5.41, 5.74) is 0.530. The molecule has 6 heteroatoms. The summed E-state index contributed by atoms with van der Waals surface area (Å²) in [7, 11) is 1.51. The van der Waals surface area contributed by atoms with E-state index in [1.54, 1.807) is 12.1 Å². The molecule has 0 bridgehead atoms. The Labute approximate surface area is 106 Å². The molecule has 0 atom stereocenters. The number of rotatable bonds is 6. The van der Waals surface area contributed by atoms with Gasteiger partial charge in [0.25, 0.3) is 0 Å². The number of hydrogen-bond donors (Lipinski definition) is 1. The van der Waals surface area contributed by atoms with Crippen LogP contribution in [0.1, 0.15) is 16.8 Å². The number of carbonyl (C=O) groups excluding carboxylic acids is 1. The number of hydrogen-bond acceptors (Lipinski definition) is 4. The number of nitrogens with one attached hydrogen (secondary N) is 1. The second kappa shape index (κ2) is 7.66. The maximum atomic E-state index is 11.7. The molecule has 0 saturated carbocycles. The third kappa shape index (κ3) is 4.85. The number of aromatic nitrogens is 1. The minimum absolute atomic E-state index is 0.0324. The van der Waals surface area contributed by atoms with Crippen LogP contribution in [0.15, 0.2) is 18.3 Å². The summed E-state index contributed by atoms with van der Waals surface area (Å²) in [6.07, 6.45) is 2.37. The fourth-order valence-corrected chi connectivity index (χ4v) is 1.95. The summed E-state index contributed by atoms with van der Waals surface area (Å²) < 4.78 is 4.94. The van der Waals surface area contributed by atoms with Gasteiger partial charge < -0.3 is 0 Å². The third-order valence-electron chi connectivity index (χ3n) is 1.98. The van der Waals surface area contributed by atoms with Gasteiger partial charge in [0.1, 0.15) is 0 Å². The molecule has 0 aromatic carbocycles. The van der Waals surface area contributed by atoms with Crippen molar-refractivity contribution >= 4 is 20.9 Å². The van der Waals surface area contributed by atoms with Gasteiger partial charge in [0.15, 0.2) is 0 Å². The predicted octanol–water partition coefficient (Wildman–Crippen LogP) is 0.814. The van der Waals surface area contributed by atoms with E-state index in [0.717, 1.165) is 11.7 Å². The van der Waals surface area contributed by atoms with E-state index < -0.39 is 0 Å². The summed E-state index contributed by atoms with van der Waals surface area (Å²) in [6.45, 7) is 0.590. The zero-order valence-corrected chi connectivity index (χ0v) is 11.2. The number of nitrogens with zero attached hydrogens (tertiary/aromatic N) is 2. The molecule has 0 aliphatic heterocycles.